The molecule has 0 aliphatic heterocycles. The molecule has 0 atom stereocenters. The highest BCUT2D eigenvalue weighted by molar-refractivity contribution is 5.84. The van der Waals surface area contributed by atoms with Crippen molar-refractivity contribution in [3.8, 4) is 29.1 Å². The molecule has 1 heterocycles. The summed E-state index contributed by atoms with van der Waals surface area (Å²) in [6, 6.07) is 3.07. The molecular weight excluding hydrogens is 282 g/mol. The predicted molar refractivity (Wildman–Crippen MR) is 69.6 cm³/mol. The topological polar surface area (TPSA) is 100 Å². The molecule has 112 valence electrons. The lowest BCUT2D eigenvalue weighted by Gasteiger charge is -2.13. The number of carbonyl (C=O) groups is 1. The van der Waals surface area contributed by atoms with E-state index in [4.69, 9.17) is 28.5 Å². The molecule has 2 aromatic rings. The van der Waals surface area contributed by atoms with Gasteiger partial charge in [0, 0.05) is 12.1 Å². The minimum absolute atomic E-state index is 0.207. The molecule has 0 aliphatic rings. The summed E-state index contributed by atoms with van der Waals surface area (Å²) >= 11 is 0. The first-order valence-electron chi connectivity index (χ1n) is 5.75. The van der Waals surface area contributed by atoms with Crippen LogP contribution in [0.15, 0.2) is 22.8 Å². The summed E-state index contributed by atoms with van der Waals surface area (Å²) in [7, 11) is 4.41. The van der Waals surface area contributed by atoms with Crippen LogP contribution in [0.3, 0.4) is 0 Å². The maximum atomic E-state index is 10.7. The third-order valence-electron chi connectivity index (χ3n) is 2.55. The van der Waals surface area contributed by atoms with Gasteiger partial charge in [0.2, 0.25) is 5.75 Å². The normalized spacial score (nSPS) is 10.0. The number of hydrogen-bond donors (Lipinski definition) is 1. The summed E-state index contributed by atoms with van der Waals surface area (Å²) in [4.78, 5) is 14.4. The van der Waals surface area contributed by atoms with Gasteiger partial charge in [-0.15, -0.1) is 0 Å². The minimum Gasteiger partial charge on any atom is -0.493 e. The highest BCUT2D eigenvalue weighted by Crippen LogP contribution is 2.41. The van der Waals surface area contributed by atoms with Crippen molar-refractivity contribution in [3.63, 3.8) is 0 Å². The third kappa shape index (κ3) is 2.99. The fourth-order valence-corrected chi connectivity index (χ4v) is 1.62. The van der Waals surface area contributed by atoms with E-state index in [1.165, 1.54) is 33.5 Å². The quantitative estimate of drug-likeness (QED) is 0.865. The van der Waals surface area contributed by atoms with Gasteiger partial charge in [-0.2, -0.15) is 4.98 Å². The van der Waals surface area contributed by atoms with E-state index in [1.54, 1.807) is 0 Å². The van der Waals surface area contributed by atoms with Crippen LogP contribution in [0.2, 0.25) is 0 Å². The van der Waals surface area contributed by atoms with Gasteiger partial charge in [0.1, 0.15) is 12.0 Å². The van der Waals surface area contributed by atoms with Crippen molar-refractivity contribution in [1.29, 1.82) is 0 Å². The molecule has 1 aromatic carbocycles. The number of hydrogen-bond acceptors (Lipinski definition) is 7. The maximum Gasteiger partial charge on any atom is 0.399 e. The first-order chi connectivity index (χ1) is 10.1. The summed E-state index contributed by atoms with van der Waals surface area (Å²) in [5.41, 5.74) is -0.252. The van der Waals surface area contributed by atoms with Gasteiger partial charge in [-0.05, 0) is 0 Å². The van der Waals surface area contributed by atoms with E-state index in [-0.39, 0.29) is 11.8 Å². The molecule has 8 heteroatoms. The van der Waals surface area contributed by atoms with Crippen LogP contribution in [-0.2, 0) is 0 Å². The average Bonchev–Trinajstić information content (AvgIpc) is 2.94. The Balaban J connectivity index is 2.32. The summed E-state index contributed by atoms with van der Waals surface area (Å²) in [6.45, 7) is 0. The number of aromatic nitrogens is 1. The highest BCUT2D eigenvalue weighted by Gasteiger charge is 2.17. The number of carboxylic acids is 1. The van der Waals surface area contributed by atoms with Crippen molar-refractivity contribution < 1.29 is 33.3 Å². The summed E-state index contributed by atoms with van der Waals surface area (Å²) < 4.78 is 25.8. The van der Waals surface area contributed by atoms with Crippen molar-refractivity contribution in [3.05, 3.63) is 24.1 Å². The molecule has 0 radical (unpaired) electrons. The summed E-state index contributed by atoms with van der Waals surface area (Å²) in [5, 5.41) is 8.76. The van der Waals surface area contributed by atoms with Crippen LogP contribution < -0.4 is 18.9 Å². The fourth-order valence-electron chi connectivity index (χ4n) is 1.62. The van der Waals surface area contributed by atoms with E-state index in [0.29, 0.717) is 23.0 Å². The second-order valence-corrected chi connectivity index (χ2v) is 3.77. The lowest BCUT2D eigenvalue weighted by molar-refractivity contribution is 0.0690. The van der Waals surface area contributed by atoms with E-state index < -0.39 is 5.97 Å². The van der Waals surface area contributed by atoms with Crippen molar-refractivity contribution in [2.24, 2.45) is 0 Å². The van der Waals surface area contributed by atoms with Gasteiger partial charge in [0.15, 0.2) is 17.2 Å². The monoisotopic (exact) mass is 295 g/mol. The lowest BCUT2D eigenvalue weighted by Crippen LogP contribution is -1.97. The molecule has 0 bridgehead atoms. The number of nitrogens with zero attached hydrogens (tertiary/aromatic N) is 1. The first kappa shape index (κ1) is 14.5. The molecule has 8 nitrogen and oxygen atoms in total. The van der Waals surface area contributed by atoms with Crippen molar-refractivity contribution >= 4 is 5.97 Å². The number of aromatic carboxylic acids is 1. The van der Waals surface area contributed by atoms with Gasteiger partial charge < -0.3 is 28.5 Å². The predicted octanol–water partition coefficient (Wildman–Crippen LogP) is 2.19. The lowest BCUT2D eigenvalue weighted by atomic mass is 10.2. The molecule has 2 rings (SSSR count). The molecular formula is C13H13NO7. The van der Waals surface area contributed by atoms with Gasteiger partial charge >= 0.3 is 12.0 Å². The summed E-state index contributed by atoms with van der Waals surface area (Å²) in [5.74, 6) is 0.265. The van der Waals surface area contributed by atoms with Gasteiger partial charge in [0.25, 0.3) is 0 Å². The van der Waals surface area contributed by atoms with Crippen molar-refractivity contribution in [1.82, 2.24) is 4.98 Å². The second-order valence-electron chi connectivity index (χ2n) is 3.77. The molecule has 0 saturated carbocycles. The molecule has 0 fully saturated rings. The SMILES string of the molecule is COc1cc(Oc2nc(C(=O)O)co2)cc(OC)c1OC. The fraction of sp³-hybridized carbons (Fsp3) is 0.231. The molecule has 1 N–H and O–H groups in total. The highest BCUT2D eigenvalue weighted by atomic mass is 16.6. The Labute approximate surface area is 119 Å². The molecule has 0 amide bonds. The molecule has 0 saturated heterocycles. The Bertz CT molecular complexity index is 625. The standard InChI is InChI=1S/C13H13NO7/c1-17-9-4-7(5-10(18-2)11(9)19-3)21-13-14-8(6-20-13)12(15)16/h4-6H,1-3H3,(H,15,16). The summed E-state index contributed by atoms with van der Waals surface area (Å²) in [6.07, 6.45) is 0.775. The van der Waals surface area contributed by atoms with Crippen molar-refractivity contribution in [2.45, 2.75) is 0 Å². The largest absolute Gasteiger partial charge is 0.493 e. The second kappa shape index (κ2) is 6.04. The molecule has 0 unspecified atom stereocenters. The Hall–Kier alpha value is -2.90. The maximum absolute atomic E-state index is 10.7. The number of benzene rings is 1. The van der Waals surface area contributed by atoms with Crippen LogP contribution in [0.4, 0.5) is 0 Å². The van der Waals surface area contributed by atoms with E-state index in [1.807, 2.05) is 0 Å². The van der Waals surface area contributed by atoms with Gasteiger partial charge in [-0.3, -0.25) is 0 Å². The smallest absolute Gasteiger partial charge is 0.399 e. The zero-order valence-electron chi connectivity index (χ0n) is 11.6. The number of rotatable bonds is 6. The number of oxazole rings is 1. The zero-order chi connectivity index (χ0) is 15.4. The Morgan fingerprint density at radius 1 is 1.14 bits per heavy atom. The van der Waals surface area contributed by atoms with Gasteiger partial charge in [-0.1, -0.05) is 0 Å². The van der Waals surface area contributed by atoms with Crippen molar-refractivity contribution in [2.75, 3.05) is 21.3 Å². The van der Waals surface area contributed by atoms with Gasteiger partial charge in [0.05, 0.1) is 21.3 Å². The molecule has 0 spiro atoms. The Morgan fingerprint density at radius 3 is 2.19 bits per heavy atom. The molecule has 21 heavy (non-hydrogen) atoms. The van der Waals surface area contributed by atoms with E-state index >= 15 is 0 Å². The molecule has 0 aliphatic carbocycles. The number of carboxylic acid groups (broad SMARTS) is 1. The van der Waals surface area contributed by atoms with E-state index in [0.717, 1.165) is 6.26 Å². The van der Waals surface area contributed by atoms with Crippen LogP contribution in [0, 0.1) is 0 Å². The Morgan fingerprint density at radius 2 is 1.76 bits per heavy atom. The van der Waals surface area contributed by atoms with Crippen LogP contribution >= 0.6 is 0 Å². The van der Waals surface area contributed by atoms with E-state index in [9.17, 15) is 4.79 Å². The average molecular weight is 295 g/mol. The number of methoxy groups -OCH3 is 3. The van der Waals surface area contributed by atoms with Gasteiger partial charge in [-0.25, -0.2) is 4.79 Å². The third-order valence-corrected chi connectivity index (χ3v) is 2.55. The number of ether oxygens (including phenoxy) is 4. The van der Waals surface area contributed by atoms with Crippen LogP contribution in [0.5, 0.6) is 29.1 Å². The van der Waals surface area contributed by atoms with Crippen LogP contribution in [-0.4, -0.2) is 37.4 Å². The Kier molecular flexibility index (Phi) is 4.17. The minimum atomic E-state index is -1.21. The van der Waals surface area contributed by atoms with E-state index in [2.05, 4.69) is 4.98 Å². The first-order valence-corrected chi connectivity index (χ1v) is 5.75. The molecule has 1 aromatic heterocycles. The van der Waals surface area contributed by atoms with Crippen LogP contribution in [0.1, 0.15) is 10.5 Å². The van der Waals surface area contributed by atoms with Crippen LogP contribution in [0.25, 0.3) is 0 Å². The zero-order valence-corrected chi connectivity index (χ0v) is 11.6.